The molecule has 1 atom stereocenters. The van der Waals surface area contributed by atoms with Gasteiger partial charge in [0.1, 0.15) is 5.75 Å². The van der Waals surface area contributed by atoms with Gasteiger partial charge in [0.15, 0.2) is 11.7 Å². The van der Waals surface area contributed by atoms with Crippen LogP contribution in [0.4, 0.5) is 0 Å². The number of rotatable bonds is 6. The lowest BCUT2D eigenvalue weighted by atomic mass is 9.98. The number of benzene rings is 1. The van der Waals surface area contributed by atoms with Gasteiger partial charge in [0.2, 0.25) is 5.91 Å². The van der Waals surface area contributed by atoms with Crippen LogP contribution in [0, 0.1) is 5.92 Å². The molecule has 0 spiro atoms. The topological polar surface area (TPSA) is 92.9 Å². The van der Waals surface area contributed by atoms with Gasteiger partial charge in [0.05, 0.1) is 19.2 Å². The highest BCUT2D eigenvalue weighted by atomic mass is 16.5. The highest BCUT2D eigenvalue weighted by molar-refractivity contribution is 5.78. The largest absolute Gasteiger partial charge is 0.497 e. The number of amides is 1. The van der Waals surface area contributed by atoms with Gasteiger partial charge in [-0.05, 0) is 37.1 Å². The van der Waals surface area contributed by atoms with Crippen LogP contribution >= 0.6 is 0 Å². The van der Waals surface area contributed by atoms with Crippen LogP contribution in [0.5, 0.6) is 5.75 Å². The molecule has 1 N–H and O–H groups in total. The van der Waals surface area contributed by atoms with Crippen molar-refractivity contribution in [3.05, 3.63) is 36.4 Å². The molecular formula is C19H22N2O5. The van der Waals surface area contributed by atoms with Crippen LogP contribution in [0.3, 0.4) is 0 Å². The van der Waals surface area contributed by atoms with Crippen LogP contribution in [0.25, 0.3) is 11.3 Å². The number of carbonyl (C=O) groups is 2. The van der Waals surface area contributed by atoms with Crippen molar-refractivity contribution in [1.29, 1.82) is 0 Å². The number of ether oxygens (including phenoxy) is 1. The summed E-state index contributed by atoms with van der Waals surface area (Å²) in [5, 5.41) is 9.12. The van der Waals surface area contributed by atoms with E-state index in [-0.39, 0.29) is 18.9 Å². The molecule has 138 valence electrons. The number of carboxylic acids is 1. The summed E-state index contributed by atoms with van der Waals surface area (Å²) >= 11 is 0. The Balaban J connectivity index is 1.55. The Hall–Kier alpha value is -2.83. The monoisotopic (exact) mass is 358 g/mol. The van der Waals surface area contributed by atoms with E-state index in [0.29, 0.717) is 31.0 Å². The third kappa shape index (κ3) is 4.22. The summed E-state index contributed by atoms with van der Waals surface area (Å²) in [6.07, 6.45) is 3.65. The van der Waals surface area contributed by atoms with E-state index in [1.54, 1.807) is 18.2 Å². The molecule has 1 aromatic heterocycles. The van der Waals surface area contributed by atoms with E-state index in [2.05, 4.69) is 4.98 Å². The maximum Gasteiger partial charge on any atom is 0.308 e. The number of aliphatic carboxylic acids is 1. The zero-order valence-electron chi connectivity index (χ0n) is 14.7. The fourth-order valence-corrected chi connectivity index (χ4v) is 3.09. The predicted molar refractivity (Wildman–Crippen MR) is 93.8 cm³/mol. The minimum atomic E-state index is -0.834. The van der Waals surface area contributed by atoms with Crippen molar-refractivity contribution >= 4 is 11.9 Å². The van der Waals surface area contributed by atoms with E-state index in [0.717, 1.165) is 17.7 Å². The maximum atomic E-state index is 12.3. The molecule has 1 saturated heterocycles. The Kier molecular flexibility index (Phi) is 5.55. The second-order valence-electron chi connectivity index (χ2n) is 6.36. The number of methoxy groups -OCH3 is 1. The third-order valence-electron chi connectivity index (χ3n) is 4.60. The van der Waals surface area contributed by atoms with Gasteiger partial charge in [-0.15, -0.1) is 0 Å². The summed E-state index contributed by atoms with van der Waals surface area (Å²) in [5.74, 6) is 0.547. The first-order valence-corrected chi connectivity index (χ1v) is 8.66. The van der Waals surface area contributed by atoms with Crippen molar-refractivity contribution in [2.75, 3.05) is 20.2 Å². The molecule has 1 unspecified atom stereocenters. The highest BCUT2D eigenvalue weighted by Crippen LogP contribution is 2.24. The Morgan fingerprint density at radius 3 is 2.81 bits per heavy atom. The Bertz CT molecular complexity index is 768. The number of carbonyl (C=O) groups excluding carboxylic acids is 1. The fraction of sp³-hybridized carbons (Fsp3) is 0.421. The predicted octanol–water partition coefficient (Wildman–Crippen LogP) is 2.61. The van der Waals surface area contributed by atoms with Gasteiger partial charge in [0, 0.05) is 31.5 Å². The number of likely N-dealkylation sites (tertiary alicyclic amines) is 1. The lowest BCUT2D eigenvalue weighted by Crippen LogP contribution is -2.42. The molecule has 7 nitrogen and oxygen atoms in total. The van der Waals surface area contributed by atoms with Gasteiger partial charge in [0.25, 0.3) is 0 Å². The number of aromatic nitrogens is 1. The lowest BCUT2D eigenvalue weighted by Gasteiger charge is -2.30. The normalized spacial score (nSPS) is 17.1. The molecule has 0 radical (unpaired) electrons. The Morgan fingerprint density at radius 1 is 1.35 bits per heavy atom. The molecule has 0 saturated carbocycles. The van der Waals surface area contributed by atoms with Crippen molar-refractivity contribution in [1.82, 2.24) is 9.88 Å². The molecular weight excluding hydrogens is 336 g/mol. The first-order chi connectivity index (χ1) is 12.6. The summed E-state index contributed by atoms with van der Waals surface area (Å²) in [6.45, 7) is 0.905. The summed E-state index contributed by atoms with van der Waals surface area (Å²) in [6, 6.07) is 7.45. The molecule has 26 heavy (non-hydrogen) atoms. The number of aryl methyl sites for hydroxylation is 1. The summed E-state index contributed by atoms with van der Waals surface area (Å²) in [4.78, 5) is 29.3. The lowest BCUT2D eigenvalue weighted by molar-refractivity contribution is -0.145. The summed E-state index contributed by atoms with van der Waals surface area (Å²) < 4.78 is 10.9. The molecule has 2 heterocycles. The Labute approximate surface area is 151 Å². The van der Waals surface area contributed by atoms with Crippen molar-refractivity contribution < 1.29 is 23.8 Å². The van der Waals surface area contributed by atoms with Crippen LogP contribution in [0.2, 0.25) is 0 Å². The Morgan fingerprint density at radius 2 is 2.12 bits per heavy atom. The molecule has 1 fully saturated rings. The van der Waals surface area contributed by atoms with Gasteiger partial charge in [-0.1, -0.05) is 0 Å². The second kappa shape index (κ2) is 8.03. The van der Waals surface area contributed by atoms with Crippen LogP contribution in [-0.4, -0.2) is 47.1 Å². The average Bonchev–Trinajstić information content (AvgIpc) is 3.15. The average molecular weight is 358 g/mol. The van der Waals surface area contributed by atoms with Gasteiger partial charge in [-0.2, -0.15) is 0 Å². The zero-order chi connectivity index (χ0) is 18.5. The molecule has 1 aromatic carbocycles. The smallest absolute Gasteiger partial charge is 0.308 e. The first-order valence-electron chi connectivity index (χ1n) is 8.66. The SMILES string of the molecule is COc1ccc(-c2cnc(CCC(=O)N3CCCC(C(=O)O)C3)o2)cc1. The zero-order valence-corrected chi connectivity index (χ0v) is 14.7. The summed E-state index contributed by atoms with van der Waals surface area (Å²) in [5.41, 5.74) is 0.885. The number of hydrogen-bond donors (Lipinski definition) is 1. The van der Waals surface area contributed by atoms with E-state index in [1.165, 1.54) is 0 Å². The molecule has 1 aliphatic heterocycles. The third-order valence-corrected chi connectivity index (χ3v) is 4.60. The molecule has 1 amide bonds. The van der Waals surface area contributed by atoms with Crippen LogP contribution < -0.4 is 4.74 Å². The first kappa shape index (κ1) is 18.0. The fourth-order valence-electron chi connectivity index (χ4n) is 3.09. The molecule has 0 aliphatic carbocycles. The van der Waals surface area contributed by atoms with Crippen molar-refractivity contribution in [3.8, 4) is 17.1 Å². The van der Waals surface area contributed by atoms with Gasteiger partial charge in [-0.25, -0.2) is 4.98 Å². The molecule has 0 bridgehead atoms. The van der Waals surface area contributed by atoms with Gasteiger partial charge in [-0.3, -0.25) is 9.59 Å². The van der Waals surface area contributed by atoms with E-state index in [9.17, 15) is 9.59 Å². The standard InChI is InChI=1S/C19H22N2O5/c1-25-15-6-4-13(5-7-15)16-11-20-17(26-16)8-9-18(22)21-10-2-3-14(12-21)19(23)24/h4-7,11,14H,2-3,8-10,12H2,1H3,(H,23,24). The van der Waals surface area contributed by atoms with Gasteiger partial charge < -0.3 is 19.2 Å². The number of carboxylic acid groups (broad SMARTS) is 1. The molecule has 2 aromatic rings. The van der Waals surface area contributed by atoms with Crippen LogP contribution in [0.15, 0.2) is 34.9 Å². The maximum absolute atomic E-state index is 12.3. The number of hydrogen-bond acceptors (Lipinski definition) is 5. The number of nitrogens with zero attached hydrogens (tertiary/aromatic N) is 2. The minimum absolute atomic E-state index is 0.0554. The summed E-state index contributed by atoms with van der Waals surface area (Å²) in [7, 11) is 1.61. The number of oxazole rings is 1. The molecule has 3 rings (SSSR count). The van der Waals surface area contributed by atoms with E-state index >= 15 is 0 Å². The molecule has 1 aliphatic rings. The van der Waals surface area contributed by atoms with E-state index < -0.39 is 11.9 Å². The van der Waals surface area contributed by atoms with Crippen LogP contribution in [0.1, 0.15) is 25.2 Å². The second-order valence-corrected chi connectivity index (χ2v) is 6.36. The minimum Gasteiger partial charge on any atom is -0.497 e. The van der Waals surface area contributed by atoms with Crippen molar-refractivity contribution in [2.24, 2.45) is 5.92 Å². The van der Waals surface area contributed by atoms with E-state index in [1.807, 2.05) is 24.3 Å². The van der Waals surface area contributed by atoms with E-state index in [4.69, 9.17) is 14.3 Å². The van der Waals surface area contributed by atoms with Crippen molar-refractivity contribution in [2.45, 2.75) is 25.7 Å². The van der Waals surface area contributed by atoms with Crippen molar-refractivity contribution in [3.63, 3.8) is 0 Å². The number of piperidine rings is 1. The van der Waals surface area contributed by atoms with Crippen LogP contribution in [-0.2, 0) is 16.0 Å². The van der Waals surface area contributed by atoms with Gasteiger partial charge >= 0.3 is 5.97 Å². The quantitative estimate of drug-likeness (QED) is 0.853. The highest BCUT2D eigenvalue weighted by Gasteiger charge is 2.28. The molecule has 7 heteroatoms.